The second kappa shape index (κ2) is 8.57. The minimum absolute atomic E-state index is 0.238. The van der Waals surface area contributed by atoms with Gasteiger partial charge in [-0.25, -0.2) is 5.43 Å². The average molecular weight is 367 g/mol. The third-order valence-corrected chi connectivity index (χ3v) is 3.61. The van der Waals surface area contributed by atoms with Crippen LogP contribution in [0.3, 0.4) is 0 Å². The largest absolute Gasteiger partial charge is 0.493 e. The Morgan fingerprint density at radius 1 is 1.21 bits per heavy atom. The summed E-state index contributed by atoms with van der Waals surface area (Å²) >= 11 is 12.0. The molecule has 1 N–H and O–H groups in total. The molecule has 0 spiro atoms. The van der Waals surface area contributed by atoms with Crippen molar-refractivity contribution in [3.8, 4) is 11.5 Å². The molecule has 0 bridgehead atoms. The number of methoxy groups -OCH3 is 1. The minimum Gasteiger partial charge on any atom is -0.493 e. The topological polar surface area (TPSA) is 59.9 Å². The predicted molar refractivity (Wildman–Crippen MR) is 95.2 cm³/mol. The molecule has 0 atom stereocenters. The first-order valence-corrected chi connectivity index (χ1v) is 7.79. The van der Waals surface area contributed by atoms with Gasteiger partial charge in [-0.2, -0.15) is 5.10 Å². The molecular weight excluding hydrogens is 351 g/mol. The van der Waals surface area contributed by atoms with Crippen molar-refractivity contribution in [2.24, 2.45) is 5.10 Å². The van der Waals surface area contributed by atoms with E-state index in [1.54, 1.807) is 37.4 Å². The second-order valence-electron chi connectivity index (χ2n) is 4.86. The van der Waals surface area contributed by atoms with E-state index < -0.39 is 0 Å². The van der Waals surface area contributed by atoms with Crippen LogP contribution in [0.5, 0.6) is 11.5 Å². The zero-order valence-corrected chi connectivity index (χ0v) is 14.7. The molecule has 0 fully saturated rings. The Hall–Kier alpha value is -2.24. The molecule has 2 aromatic rings. The standard InChI is InChI=1S/C17H16Cl2N2O3/c1-11(22)21-20-9-12-3-6-16(17(7-12)23-2)24-10-13-4-5-14(18)8-15(13)19/h3-9H,10H2,1-2H3,(H,21,22)/b20-9+. The molecule has 0 saturated carbocycles. The number of rotatable bonds is 6. The molecule has 0 saturated heterocycles. The summed E-state index contributed by atoms with van der Waals surface area (Å²) in [7, 11) is 1.55. The van der Waals surface area contributed by atoms with Gasteiger partial charge in [0.15, 0.2) is 11.5 Å². The zero-order valence-electron chi connectivity index (χ0n) is 13.2. The summed E-state index contributed by atoms with van der Waals surface area (Å²) in [5, 5.41) is 4.92. The molecule has 0 heterocycles. The highest BCUT2D eigenvalue weighted by Crippen LogP contribution is 2.29. The van der Waals surface area contributed by atoms with E-state index in [0.29, 0.717) is 21.5 Å². The average Bonchev–Trinajstić information content (AvgIpc) is 2.54. The van der Waals surface area contributed by atoms with Crippen molar-refractivity contribution in [1.29, 1.82) is 0 Å². The first-order valence-electron chi connectivity index (χ1n) is 7.04. The maximum Gasteiger partial charge on any atom is 0.236 e. The van der Waals surface area contributed by atoms with Gasteiger partial charge in [0.25, 0.3) is 0 Å². The van der Waals surface area contributed by atoms with E-state index in [9.17, 15) is 4.79 Å². The van der Waals surface area contributed by atoms with Gasteiger partial charge in [-0.3, -0.25) is 4.79 Å². The van der Waals surface area contributed by atoms with Gasteiger partial charge in [-0.1, -0.05) is 29.3 Å². The Morgan fingerprint density at radius 2 is 2.00 bits per heavy atom. The molecule has 0 aromatic heterocycles. The summed E-state index contributed by atoms with van der Waals surface area (Å²) < 4.78 is 11.1. The van der Waals surface area contributed by atoms with E-state index in [4.69, 9.17) is 32.7 Å². The van der Waals surface area contributed by atoms with E-state index in [2.05, 4.69) is 10.5 Å². The number of benzene rings is 2. The fourth-order valence-corrected chi connectivity index (χ4v) is 2.34. The van der Waals surface area contributed by atoms with Crippen LogP contribution in [0.4, 0.5) is 0 Å². The van der Waals surface area contributed by atoms with E-state index >= 15 is 0 Å². The van der Waals surface area contributed by atoms with Gasteiger partial charge in [0, 0.05) is 22.5 Å². The summed E-state index contributed by atoms with van der Waals surface area (Å²) in [5.74, 6) is 0.880. The third-order valence-electron chi connectivity index (χ3n) is 3.02. The van der Waals surface area contributed by atoms with Gasteiger partial charge in [0.2, 0.25) is 5.91 Å². The van der Waals surface area contributed by atoms with Crippen LogP contribution in [0, 0.1) is 0 Å². The summed E-state index contributed by atoms with van der Waals surface area (Å²) in [5.41, 5.74) is 3.92. The monoisotopic (exact) mass is 366 g/mol. The molecule has 0 radical (unpaired) electrons. The second-order valence-corrected chi connectivity index (χ2v) is 5.70. The smallest absolute Gasteiger partial charge is 0.236 e. The van der Waals surface area contributed by atoms with Gasteiger partial charge in [-0.15, -0.1) is 0 Å². The SMILES string of the molecule is COc1cc(/C=N/NC(C)=O)ccc1OCc1ccc(Cl)cc1Cl. The molecule has 0 unspecified atom stereocenters. The highest BCUT2D eigenvalue weighted by Gasteiger charge is 2.07. The molecule has 0 aliphatic carbocycles. The van der Waals surface area contributed by atoms with E-state index in [1.807, 2.05) is 6.07 Å². The van der Waals surface area contributed by atoms with Crippen molar-refractivity contribution in [3.63, 3.8) is 0 Å². The van der Waals surface area contributed by atoms with E-state index in [-0.39, 0.29) is 12.5 Å². The maximum absolute atomic E-state index is 10.8. The Morgan fingerprint density at radius 3 is 2.67 bits per heavy atom. The van der Waals surface area contributed by atoms with Crippen LogP contribution in [-0.2, 0) is 11.4 Å². The number of ether oxygens (including phenoxy) is 2. The van der Waals surface area contributed by atoms with Crippen LogP contribution < -0.4 is 14.9 Å². The maximum atomic E-state index is 10.8. The molecule has 1 amide bonds. The molecule has 2 aromatic carbocycles. The van der Waals surface area contributed by atoms with Crippen molar-refractivity contribution in [1.82, 2.24) is 5.43 Å². The first kappa shape index (κ1) is 18.1. The van der Waals surface area contributed by atoms with Crippen molar-refractivity contribution in [3.05, 3.63) is 57.6 Å². The lowest BCUT2D eigenvalue weighted by Crippen LogP contribution is -2.12. The fraction of sp³-hybridized carbons (Fsp3) is 0.176. The van der Waals surface area contributed by atoms with Crippen LogP contribution in [-0.4, -0.2) is 19.2 Å². The van der Waals surface area contributed by atoms with Crippen LogP contribution in [0.25, 0.3) is 0 Å². The van der Waals surface area contributed by atoms with Gasteiger partial charge < -0.3 is 9.47 Å². The Bertz CT molecular complexity index is 763. The Balaban J connectivity index is 2.09. The molecule has 126 valence electrons. The molecule has 24 heavy (non-hydrogen) atoms. The zero-order chi connectivity index (χ0) is 17.5. The normalized spacial score (nSPS) is 10.7. The van der Waals surface area contributed by atoms with Crippen LogP contribution in [0.15, 0.2) is 41.5 Å². The van der Waals surface area contributed by atoms with Crippen molar-refractivity contribution in [2.45, 2.75) is 13.5 Å². The van der Waals surface area contributed by atoms with Gasteiger partial charge in [0.05, 0.1) is 13.3 Å². The number of carbonyl (C=O) groups is 1. The summed E-state index contributed by atoms with van der Waals surface area (Å²) in [6.45, 7) is 1.67. The van der Waals surface area contributed by atoms with Crippen LogP contribution in [0.2, 0.25) is 10.0 Å². The summed E-state index contributed by atoms with van der Waals surface area (Å²) in [6.07, 6.45) is 1.52. The number of nitrogens with one attached hydrogen (secondary N) is 1. The van der Waals surface area contributed by atoms with E-state index in [1.165, 1.54) is 13.1 Å². The van der Waals surface area contributed by atoms with Crippen molar-refractivity contribution in [2.75, 3.05) is 7.11 Å². The number of nitrogens with zero attached hydrogens (tertiary/aromatic N) is 1. The molecule has 0 aliphatic heterocycles. The number of hydrogen-bond donors (Lipinski definition) is 1. The van der Waals surface area contributed by atoms with Crippen LogP contribution >= 0.6 is 23.2 Å². The number of halogens is 2. The molecule has 2 rings (SSSR count). The summed E-state index contributed by atoms with van der Waals surface area (Å²) in [4.78, 5) is 10.8. The lowest BCUT2D eigenvalue weighted by molar-refractivity contribution is -0.118. The Labute approximate surface area is 150 Å². The predicted octanol–water partition coefficient (Wildman–Crippen LogP) is 4.05. The molecule has 0 aliphatic rings. The molecule has 5 nitrogen and oxygen atoms in total. The molecular formula is C17H16Cl2N2O3. The van der Waals surface area contributed by atoms with Gasteiger partial charge in [-0.05, 0) is 35.9 Å². The lowest BCUT2D eigenvalue weighted by atomic mass is 10.2. The van der Waals surface area contributed by atoms with Gasteiger partial charge in [0.1, 0.15) is 6.61 Å². The van der Waals surface area contributed by atoms with Crippen molar-refractivity contribution >= 4 is 35.3 Å². The Kier molecular flexibility index (Phi) is 6.46. The fourth-order valence-electron chi connectivity index (χ4n) is 1.88. The van der Waals surface area contributed by atoms with Gasteiger partial charge >= 0.3 is 0 Å². The van der Waals surface area contributed by atoms with Crippen molar-refractivity contribution < 1.29 is 14.3 Å². The molecule has 7 heteroatoms. The third kappa shape index (κ3) is 5.15. The number of amides is 1. The minimum atomic E-state index is -0.238. The lowest BCUT2D eigenvalue weighted by Gasteiger charge is -2.12. The highest BCUT2D eigenvalue weighted by atomic mass is 35.5. The highest BCUT2D eigenvalue weighted by molar-refractivity contribution is 6.35. The first-order chi connectivity index (χ1) is 11.5. The quantitative estimate of drug-likeness (QED) is 0.619. The van der Waals surface area contributed by atoms with E-state index in [0.717, 1.165) is 11.1 Å². The summed E-state index contributed by atoms with van der Waals surface area (Å²) in [6, 6.07) is 10.5. The number of carbonyl (C=O) groups excluding carboxylic acids is 1. The number of hydrazone groups is 1. The number of hydrogen-bond acceptors (Lipinski definition) is 4. The van der Waals surface area contributed by atoms with Crippen LogP contribution in [0.1, 0.15) is 18.1 Å².